The normalized spacial score (nSPS) is 15.6. The molecule has 2 aliphatic rings. The lowest BCUT2D eigenvalue weighted by Gasteiger charge is -2.31. The second kappa shape index (κ2) is 13.4. The maximum absolute atomic E-state index is 2.54. The van der Waals surface area contributed by atoms with E-state index in [2.05, 4.69) is 204 Å². The quantitative estimate of drug-likeness (QED) is 0.161. The number of hydrogen-bond acceptors (Lipinski definition) is 3. The van der Waals surface area contributed by atoms with Gasteiger partial charge in [0.1, 0.15) is 0 Å². The minimum Gasteiger partial charge on any atom is -0.310 e. The molecule has 2 aliphatic carbocycles. The number of anilines is 6. The fraction of sp³-hybridized carbons (Fsp3) is 0.0943. The van der Waals surface area contributed by atoms with Gasteiger partial charge in [0.25, 0.3) is 0 Å². The Bertz CT molecular complexity index is 2820. The number of para-hydroxylation sites is 2. The average molecular weight is 737 g/mol. The highest BCUT2D eigenvalue weighted by atomic mass is 32.1. The van der Waals surface area contributed by atoms with Crippen LogP contribution < -0.4 is 9.80 Å². The summed E-state index contributed by atoms with van der Waals surface area (Å²) in [5.74, 6) is 0. The second-order valence-electron chi connectivity index (χ2n) is 15.3. The molecule has 268 valence electrons. The van der Waals surface area contributed by atoms with Gasteiger partial charge in [0.15, 0.2) is 0 Å². The predicted octanol–water partition coefficient (Wildman–Crippen LogP) is 14.8. The Kier molecular flexibility index (Phi) is 7.89. The number of nitrogens with zero attached hydrogens (tertiary/aromatic N) is 2. The zero-order valence-corrected chi connectivity index (χ0v) is 31.9. The zero-order chi connectivity index (χ0) is 37.1. The van der Waals surface area contributed by atoms with Crippen molar-refractivity contribution in [2.75, 3.05) is 9.80 Å². The first-order valence-corrected chi connectivity index (χ1v) is 20.6. The van der Waals surface area contributed by atoms with E-state index in [1.807, 2.05) is 11.3 Å². The van der Waals surface area contributed by atoms with Gasteiger partial charge in [-0.1, -0.05) is 115 Å². The summed E-state index contributed by atoms with van der Waals surface area (Å²) < 4.78 is 2.64. The molecule has 2 nitrogen and oxygen atoms in total. The highest BCUT2D eigenvalue weighted by Crippen LogP contribution is 2.55. The first kappa shape index (κ1) is 33.0. The molecule has 1 atom stereocenters. The van der Waals surface area contributed by atoms with Gasteiger partial charge in [-0.2, -0.15) is 0 Å². The van der Waals surface area contributed by atoms with E-state index in [0.717, 1.165) is 31.4 Å². The minimum atomic E-state index is -0.0198. The van der Waals surface area contributed by atoms with Gasteiger partial charge in [0.05, 0.1) is 0 Å². The van der Waals surface area contributed by atoms with E-state index in [0.29, 0.717) is 0 Å². The maximum atomic E-state index is 2.54. The van der Waals surface area contributed by atoms with Gasteiger partial charge in [0.2, 0.25) is 0 Å². The Balaban J connectivity index is 1.04. The molecule has 8 aromatic carbocycles. The van der Waals surface area contributed by atoms with Crippen molar-refractivity contribution in [3.63, 3.8) is 0 Å². The van der Waals surface area contributed by atoms with Crippen molar-refractivity contribution in [2.24, 2.45) is 0 Å². The van der Waals surface area contributed by atoms with Crippen LogP contribution in [0.3, 0.4) is 0 Å². The fourth-order valence-electron chi connectivity index (χ4n) is 9.57. The number of fused-ring (bicyclic) bond motifs is 7. The van der Waals surface area contributed by atoms with Crippen molar-refractivity contribution in [3.8, 4) is 11.1 Å². The van der Waals surface area contributed by atoms with Crippen LogP contribution >= 0.6 is 11.3 Å². The molecular weight excluding hydrogens is 697 g/mol. The van der Waals surface area contributed by atoms with Gasteiger partial charge in [0, 0.05) is 59.7 Å². The van der Waals surface area contributed by atoms with Crippen LogP contribution in [0.5, 0.6) is 0 Å². The van der Waals surface area contributed by atoms with Crippen LogP contribution in [0.4, 0.5) is 34.1 Å². The van der Waals surface area contributed by atoms with E-state index in [4.69, 9.17) is 0 Å². The van der Waals surface area contributed by atoms with Gasteiger partial charge in [-0.15, -0.1) is 11.3 Å². The van der Waals surface area contributed by atoms with Crippen LogP contribution in [0.15, 0.2) is 194 Å². The average Bonchev–Trinajstić information content (AvgIpc) is 3.95. The first-order valence-electron chi connectivity index (χ1n) is 19.8. The van der Waals surface area contributed by atoms with Gasteiger partial charge in [-0.3, -0.25) is 0 Å². The summed E-state index contributed by atoms with van der Waals surface area (Å²) >= 11 is 1.88. The standard InChI is InChI=1S/C53H40N2S/c1-4-12-37(13-5-1)38-20-24-43(25-21-38)55(46-28-29-48-47-18-10-11-19-51(47)56-52(48)36-46)45-27-23-40-31-33-53(50(40)35-45)32-30-39-22-26-44(34-49(39)53)54(41-14-6-2-7-15-41)42-16-8-3-9-17-42/h1-29,34-36H,30-33H2/t53-/m1/s1. The molecule has 0 amide bonds. The number of hydrogen-bond donors (Lipinski definition) is 0. The van der Waals surface area contributed by atoms with Gasteiger partial charge < -0.3 is 9.80 Å². The second-order valence-corrected chi connectivity index (χ2v) is 16.4. The Morgan fingerprint density at radius 3 is 1.43 bits per heavy atom. The van der Waals surface area contributed by atoms with Crippen LogP contribution in [0.25, 0.3) is 31.3 Å². The molecule has 0 fully saturated rings. The molecule has 1 aromatic heterocycles. The molecule has 0 saturated carbocycles. The number of thiophene rings is 1. The molecule has 9 aromatic rings. The molecular formula is C53H40N2S. The largest absolute Gasteiger partial charge is 0.310 e. The fourth-order valence-corrected chi connectivity index (χ4v) is 10.7. The van der Waals surface area contributed by atoms with E-state index in [-0.39, 0.29) is 5.41 Å². The topological polar surface area (TPSA) is 6.48 Å². The summed E-state index contributed by atoms with van der Waals surface area (Å²) in [5, 5.41) is 2.65. The van der Waals surface area contributed by atoms with E-state index in [1.165, 1.54) is 82.0 Å². The monoisotopic (exact) mass is 736 g/mol. The molecule has 0 unspecified atom stereocenters. The third-order valence-electron chi connectivity index (χ3n) is 12.3. The lowest BCUT2D eigenvalue weighted by molar-refractivity contribution is 0.507. The summed E-state index contributed by atoms with van der Waals surface area (Å²) in [6.45, 7) is 0. The van der Waals surface area contributed by atoms with E-state index < -0.39 is 0 Å². The summed E-state index contributed by atoms with van der Waals surface area (Å²) in [6.07, 6.45) is 4.47. The molecule has 11 rings (SSSR count). The van der Waals surface area contributed by atoms with Crippen molar-refractivity contribution in [2.45, 2.75) is 31.1 Å². The summed E-state index contributed by atoms with van der Waals surface area (Å²) in [4.78, 5) is 4.88. The van der Waals surface area contributed by atoms with Crippen molar-refractivity contribution >= 4 is 65.6 Å². The molecule has 3 heteroatoms. The zero-order valence-electron chi connectivity index (χ0n) is 31.1. The highest BCUT2D eigenvalue weighted by Gasteiger charge is 2.45. The van der Waals surface area contributed by atoms with Crippen LogP contribution in [-0.2, 0) is 18.3 Å². The molecule has 1 heterocycles. The van der Waals surface area contributed by atoms with Crippen molar-refractivity contribution in [1.82, 2.24) is 0 Å². The van der Waals surface area contributed by atoms with Gasteiger partial charge >= 0.3 is 0 Å². The SMILES string of the molecule is c1ccc(-c2ccc(N(c3ccc4c(c3)[C@]3(CCc5ccc(N(c6ccccc6)c6ccccc6)cc53)CC4)c3ccc4c(c3)sc3ccccc34)cc2)cc1. The van der Waals surface area contributed by atoms with Crippen molar-refractivity contribution < 1.29 is 0 Å². The summed E-state index contributed by atoms with van der Waals surface area (Å²) in [7, 11) is 0. The van der Waals surface area contributed by atoms with E-state index in [1.54, 1.807) is 0 Å². The Morgan fingerprint density at radius 2 is 0.804 bits per heavy atom. The van der Waals surface area contributed by atoms with Crippen LogP contribution in [0.2, 0.25) is 0 Å². The minimum absolute atomic E-state index is 0.0198. The van der Waals surface area contributed by atoms with Crippen molar-refractivity contribution in [1.29, 1.82) is 0 Å². The van der Waals surface area contributed by atoms with Gasteiger partial charge in [-0.25, -0.2) is 0 Å². The summed E-state index contributed by atoms with van der Waals surface area (Å²) in [6, 6.07) is 71.7. The Hall–Kier alpha value is -6.42. The Labute approximate surface area is 332 Å². The van der Waals surface area contributed by atoms with Crippen LogP contribution in [0.1, 0.15) is 35.1 Å². The molecule has 0 N–H and O–H groups in total. The number of aryl methyl sites for hydroxylation is 2. The van der Waals surface area contributed by atoms with Crippen LogP contribution in [0, 0.1) is 0 Å². The molecule has 0 bridgehead atoms. The smallest absolute Gasteiger partial charge is 0.0476 e. The number of benzene rings is 8. The molecule has 0 aliphatic heterocycles. The molecule has 0 saturated heterocycles. The van der Waals surface area contributed by atoms with Crippen LogP contribution in [-0.4, -0.2) is 0 Å². The third-order valence-corrected chi connectivity index (χ3v) is 13.4. The Morgan fingerprint density at radius 1 is 0.357 bits per heavy atom. The molecule has 56 heavy (non-hydrogen) atoms. The predicted molar refractivity (Wildman–Crippen MR) is 238 cm³/mol. The van der Waals surface area contributed by atoms with Gasteiger partial charge in [-0.05, 0) is 138 Å². The number of rotatable bonds is 7. The highest BCUT2D eigenvalue weighted by molar-refractivity contribution is 7.25. The maximum Gasteiger partial charge on any atom is 0.0476 e. The summed E-state index contributed by atoms with van der Waals surface area (Å²) in [5.41, 5.74) is 15.5. The third kappa shape index (κ3) is 5.45. The first-order chi connectivity index (χ1) is 27.7. The molecule has 1 spiro atoms. The lowest BCUT2D eigenvalue weighted by atomic mass is 9.76. The van der Waals surface area contributed by atoms with Crippen molar-refractivity contribution in [3.05, 3.63) is 216 Å². The van der Waals surface area contributed by atoms with E-state index in [9.17, 15) is 0 Å². The lowest BCUT2D eigenvalue weighted by Crippen LogP contribution is -2.22. The molecule has 0 radical (unpaired) electrons. The van der Waals surface area contributed by atoms with E-state index >= 15 is 0 Å².